The van der Waals surface area contributed by atoms with Gasteiger partial charge in [-0.15, -0.1) is 0 Å². The lowest BCUT2D eigenvalue weighted by atomic mass is 9.85. The van der Waals surface area contributed by atoms with E-state index in [0.29, 0.717) is 19.5 Å². The van der Waals surface area contributed by atoms with Crippen molar-refractivity contribution in [3.63, 3.8) is 0 Å². The molecule has 1 aromatic rings. The van der Waals surface area contributed by atoms with E-state index in [0.717, 1.165) is 49.8 Å². The van der Waals surface area contributed by atoms with Crippen molar-refractivity contribution in [1.82, 2.24) is 10.2 Å². The van der Waals surface area contributed by atoms with E-state index in [1.807, 2.05) is 29.2 Å². The number of hydrogen-bond acceptors (Lipinski definition) is 4. The molecule has 1 saturated carbocycles. The van der Waals surface area contributed by atoms with E-state index in [2.05, 4.69) is 5.32 Å². The van der Waals surface area contributed by atoms with Crippen LogP contribution in [0.2, 0.25) is 0 Å². The molecule has 144 valence electrons. The molecule has 0 aromatic heterocycles. The van der Waals surface area contributed by atoms with E-state index in [1.165, 1.54) is 0 Å². The summed E-state index contributed by atoms with van der Waals surface area (Å²) in [7, 11) is 0. The zero-order valence-electron chi connectivity index (χ0n) is 15.5. The highest BCUT2D eigenvalue weighted by Crippen LogP contribution is 2.45. The molecule has 1 atom stereocenters. The Bertz CT molecular complexity index is 754. The van der Waals surface area contributed by atoms with Crippen LogP contribution in [0.4, 0.5) is 0 Å². The van der Waals surface area contributed by atoms with Crippen molar-refractivity contribution in [3.8, 4) is 0 Å². The van der Waals surface area contributed by atoms with Crippen LogP contribution >= 0.6 is 0 Å². The molecule has 1 aromatic carbocycles. The minimum atomic E-state index is -0.581. The quantitative estimate of drug-likeness (QED) is 0.807. The number of ether oxygens (including phenoxy) is 1. The number of esters is 1. The standard InChI is InChI=1S/C21H26N2O4/c24-18-8-5-11-23(18)14-16-7-2-1-6-15(16)13-22-20(26)17-12-19(25)27-21(17)9-3-4-10-21/h1-2,6-7,17H,3-5,8-14H2,(H,22,26). The first-order valence-electron chi connectivity index (χ1n) is 9.91. The number of carbonyl (C=O) groups is 3. The van der Waals surface area contributed by atoms with Crippen molar-refractivity contribution >= 4 is 17.8 Å². The molecule has 6 heteroatoms. The summed E-state index contributed by atoms with van der Waals surface area (Å²) in [6.45, 7) is 1.78. The molecule has 27 heavy (non-hydrogen) atoms. The molecule has 1 aliphatic carbocycles. The Hall–Kier alpha value is -2.37. The second-order valence-corrected chi connectivity index (χ2v) is 7.91. The van der Waals surface area contributed by atoms with Crippen LogP contribution in [0.5, 0.6) is 0 Å². The topological polar surface area (TPSA) is 75.7 Å². The van der Waals surface area contributed by atoms with Crippen LogP contribution in [0.15, 0.2) is 24.3 Å². The van der Waals surface area contributed by atoms with Gasteiger partial charge in [0.1, 0.15) is 5.60 Å². The molecule has 3 aliphatic rings. The van der Waals surface area contributed by atoms with Gasteiger partial charge >= 0.3 is 5.97 Å². The normalized spacial score (nSPS) is 23.9. The summed E-state index contributed by atoms with van der Waals surface area (Å²) in [6, 6.07) is 7.89. The third kappa shape index (κ3) is 3.57. The lowest BCUT2D eigenvalue weighted by Gasteiger charge is -2.28. The molecule has 2 heterocycles. The molecule has 1 N–H and O–H groups in total. The Morgan fingerprint density at radius 1 is 1.15 bits per heavy atom. The van der Waals surface area contributed by atoms with Gasteiger partial charge in [-0.05, 0) is 43.2 Å². The molecule has 2 saturated heterocycles. The fourth-order valence-electron chi connectivity index (χ4n) is 4.71. The molecule has 2 aliphatic heterocycles. The van der Waals surface area contributed by atoms with Gasteiger partial charge in [0.25, 0.3) is 0 Å². The Balaban J connectivity index is 1.42. The first-order chi connectivity index (χ1) is 13.1. The molecule has 1 spiro atoms. The highest BCUT2D eigenvalue weighted by molar-refractivity contribution is 5.88. The largest absolute Gasteiger partial charge is 0.458 e. The lowest BCUT2D eigenvalue weighted by Crippen LogP contribution is -2.42. The zero-order chi connectivity index (χ0) is 18.9. The average Bonchev–Trinajstić information content (AvgIpc) is 3.36. The van der Waals surface area contributed by atoms with Gasteiger partial charge in [-0.2, -0.15) is 0 Å². The van der Waals surface area contributed by atoms with Crippen LogP contribution in [0, 0.1) is 5.92 Å². The predicted octanol–water partition coefficient (Wildman–Crippen LogP) is 2.30. The molecule has 3 fully saturated rings. The van der Waals surface area contributed by atoms with Gasteiger partial charge in [0.05, 0.1) is 12.3 Å². The van der Waals surface area contributed by atoms with Crippen LogP contribution in [0.3, 0.4) is 0 Å². The Kier molecular flexibility index (Phi) is 4.89. The van der Waals surface area contributed by atoms with Gasteiger partial charge < -0.3 is 15.0 Å². The molecule has 0 bridgehead atoms. The molecular formula is C21H26N2O4. The van der Waals surface area contributed by atoms with Crippen LogP contribution < -0.4 is 5.32 Å². The van der Waals surface area contributed by atoms with Crippen molar-refractivity contribution in [1.29, 1.82) is 0 Å². The second-order valence-electron chi connectivity index (χ2n) is 7.91. The number of hydrogen-bond donors (Lipinski definition) is 1. The van der Waals surface area contributed by atoms with Gasteiger partial charge in [-0.1, -0.05) is 24.3 Å². The summed E-state index contributed by atoms with van der Waals surface area (Å²) < 4.78 is 5.58. The summed E-state index contributed by atoms with van der Waals surface area (Å²) in [4.78, 5) is 38.4. The fourth-order valence-corrected chi connectivity index (χ4v) is 4.71. The molecule has 4 rings (SSSR count). The maximum atomic E-state index is 12.8. The van der Waals surface area contributed by atoms with Gasteiger partial charge in [0.2, 0.25) is 11.8 Å². The van der Waals surface area contributed by atoms with E-state index < -0.39 is 5.60 Å². The first kappa shape index (κ1) is 18.0. The number of amides is 2. The average molecular weight is 370 g/mol. The first-order valence-corrected chi connectivity index (χ1v) is 9.91. The van der Waals surface area contributed by atoms with E-state index in [9.17, 15) is 14.4 Å². The van der Waals surface area contributed by atoms with Crippen LogP contribution in [-0.4, -0.2) is 34.8 Å². The molecule has 6 nitrogen and oxygen atoms in total. The number of benzene rings is 1. The monoisotopic (exact) mass is 370 g/mol. The molecule has 0 radical (unpaired) electrons. The molecule has 2 amide bonds. The highest BCUT2D eigenvalue weighted by atomic mass is 16.6. The Morgan fingerprint density at radius 3 is 2.59 bits per heavy atom. The van der Waals surface area contributed by atoms with E-state index in [1.54, 1.807) is 0 Å². The minimum Gasteiger partial charge on any atom is -0.458 e. The van der Waals surface area contributed by atoms with Gasteiger partial charge in [0, 0.05) is 26.1 Å². The van der Waals surface area contributed by atoms with E-state index in [4.69, 9.17) is 4.74 Å². The number of likely N-dealkylation sites (tertiary alicyclic amines) is 1. The van der Waals surface area contributed by atoms with Crippen molar-refractivity contribution < 1.29 is 19.1 Å². The van der Waals surface area contributed by atoms with Crippen molar-refractivity contribution in [3.05, 3.63) is 35.4 Å². The smallest absolute Gasteiger partial charge is 0.307 e. The Labute approximate surface area is 159 Å². The van der Waals surface area contributed by atoms with Crippen LogP contribution in [-0.2, 0) is 32.2 Å². The minimum absolute atomic E-state index is 0.102. The van der Waals surface area contributed by atoms with Crippen molar-refractivity contribution in [2.75, 3.05) is 6.54 Å². The summed E-state index contributed by atoms with van der Waals surface area (Å²) in [5.74, 6) is -0.557. The van der Waals surface area contributed by atoms with Crippen LogP contribution in [0.1, 0.15) is 56.1 Å². The van der Waals surface area contributed by atoms with E-state index in [-0.39, 0.29) is 30.1 Å². The molecule has 1 unspecified atom stereocenters. The van der Waals surface area contributed by atoms with Crippen molar-refractivity contribution in [2.45, 2.75) is 63.6 Å². The van der Waals surface area contributed by atoms with Crippen molar-refractivity contribution in [2.24, 2.45) is 5.92 Å². The third-order valence-corrected chi connectivity index (χ3v) is 6.19. The maximum absolute atomic E-state index is 12.8. The maximum Gasteiger partial charge on any atom is 0.307 e. The Morgan fingerprint density at radius 2 is 1.89 bits per heavy atom. The number of carbonyl (C=O) groups excluding carboxylic acids is 3. The molecular weight excluding hydrogens is 344 g/mol. The van der Waals surface area contributed by atoms with Gasteiger partial charge in [-0.3, -0.25) is 14.4 Å². The van der Waals surface area contributed by atoms with Crippen LogP contribution in [0.25, 0.3) is 0 Å². The number of nitrogens with one attached hydrogen (secondary N) is 1. The highest BCUT2D eigenvalue weighted by Gasteiger charge is 2.53. The van der Waals surface area contributed by atoms with Gasteiger partial charge in [-0.25, -0.2) is 0 Å². The summed E-state index contributed by atoms with van der Waals surface area (Å²) in [5, 5.41) is 3.01. The zero-order valence-corrected chi connectivity index (χ0v) is 15.5. The second kappa shape index (κ2) is 7.33. The fraction of sp³-hybridized carbons (Fsp3) is 0.571. The summed E-state index contributed by atoms with van der Waals surface area (Å²) in [5.41, 5.74) is 1.49. The number of rotatable bonds is 5. The SMILES string of the molecule is O=C1CC(C(=O)NCc2ccccc2CN2CCCC2=O)C2(CCCC2)O1. The van der Waals surface area contributed by atoms with E-state index >= 15 is 0 Å². The summed E-state index contributed by atoms with van der Waals surface area (Å²) >= 11 is 0. The third-order valence-electron chi connectivity index (χ3n) is 6.19. The predicted molar refractivity (Wildman–Crippen MR) is 98.3 cm³/mol. The summed E-state index contributed by atoms with van der Waals surface area (Å²) in [6.07, 6.45) is 5.28. The number of nitrogens with zero attached hydrogens (tertiary/aromatic N) is 1. The lowest BCUT2D eigenvalue weighted by molar-refractivity contribution is -0.150. The van der Waals surface area contributed by atoms with Gasteiger partial charge in [0.15, 0.2) is 0 Å².